The zero-order valence-electron chi connectivity index (χ0n) is 13.0. The predicted molar refractivity (Wildman–Crippen MR) is 91.1 cm³/mol. The van der Waals surface area contributed by atoms with E-state index in [1.165, 1.54) is 16.7 Å². The maximum absolute atomic E-state index is 5.50. The molecule has 0 aromatic heterocycles. The van der Waals surface area contributed by atoms with Crippen molar-refractivity contribution in [2.45, 2.75) is 19.5 Å². The number of benzene rings is 2. The fourth-order valence-corrected chi connectivity index (χ4v) is 3.66. The molecular weight excluding hydrogens is 358 g/mol. The number of halogens is 1. The van der Waals surface area contributed by atoms with Crippen LogP contribution in [0.25, 0.3) is 0 Å². The normalized spacial score (nSPS) is 16.3. The van der Waals surface area contributed by atoms with Gasteiger partial charge in [-0.15, -0.1) is 0 Å². The summed E-state index contributed by atoms with van der Waals surface area (Å²) in [6.45, 7) is 3.15. The van der Waals surface area contributed by atoms with Crippen molar-refractivity contribution in [3.8, 4) is 17.2 Å². The molecule has 2 aromatic rings. The van der Waals surface area contributed by atoms with E-state index < -0.39 is 0 Å². The molecule has 0 bridgehead atoms. The van der Waals surface area contributed by atoms with E-state index in [1.54, 1.807) is 7.11 Å². The zero-order chi connectivity index (χ0) is 15.8. The Kier molecular flexibility index (Phi) is 3.91. The molecule has 0 radical (unpaired) electrons. The highest BCUT2D eigenvalue weighted by Gasteiger charge is 2.22. The van der Waals surface area contributed by atoms with E-state index in [1.807, 2.05) is 12.1 Å². The maximum atomic E-state index is 5.50. The van der Waals surface area contributed by atoms with Gasteiger partial charge >= 0.3 is 0 Å². The Hall–Kier alpha value is -1.72. The lowest BCUT2D eigenvalue weighted by atomic mass is 9.98. The molecule has 0 fully saturated rings. The Bertz CT molecular complexity index is 747. The standard InChI is InChI=1S/C18H18BrNO3/c1-21-16-3-2-15(19)6-14(16)10-20-5-4-12-7-17-18(23-11-22-17)8-13(12)9-20/h2-3,6-8H,4-5,9-11H2,1H3. The van der Waals surface area contributed by atoms with Gasteiger partial charge in [-0.25, -0.2) is 0 Å². The summed E-state index contributed by atoms with van der Waals surface area (Å²) in [4.78, 5) is 2.44. The van der Waals surface area contributed by atoms with Crippen molar-refractivity contribution in [3.05, 3.63) is 51.5 Å². The summed E-state index contributed by atoms with van der Waals surface area (Å²) in [7, 11) is 1.72. The summed E-state index contributed by atoms with van der Waals surface area (Å²) in [6.07, 6.45) is 1.03. The average Bonchev–Trinajstić information content (AvgIpc) is 3.00. The molecule has 2 aromatic carbocycles. The highest BCUT2D eigenvalue weighted by molar-refractivity contribution is 9.10. The van der Waals surface area contributed by atoms with Crippen LogP contribution in [0.1, 0.15) is 16.7 Å². The second kappa shape index (κ2) is 6.06. The van der Waals surface area contributed by atoms with Gasteiger partial charge in [-0.05, 0) is 47.9 Å². The summed E-state index contributed by atoms with van der Waals surface area (Å²) in [5, 5.41) is 0. The monoisotopic (exact) mass is 375 g/mol. The number of rotatable bonds is 3. The third kappa shape index (κ3) is 2.91. The Labute approximate surface area is 144 Å². The molecule has 4 nitrogen and oxygen atoms in total. The van der Waals surface area contributed by atoms with Gasteiger partial charge in [0.05, 0.1) is 7.11 Å². The van der Waals surface area contributed by atoms with Crippen LogP contribution in [-0.4, -0.2) is 25.3 Å². The smallest absolute Gasteiger partial charge is 0.231 e. The van der Waals surface area contributed by atoms with Crippen LogP contribution in [0, 0.1) is 0 Å². The first kappa shape index (κ1) is 14.8. The molecule has 0 N–H and O–H groups in total. The molecule has 0 aliphatic carbocycles. The first-order valence-corrected chi connectivity index (χ1v) is 8.48. The van der Waals surface area contributed by atoms with Crippen molar-refractivity contribution in [3.63, 3.8) is 0 Å². The third-order valence-corrected chi connectivity index (χ3v) is 4.92. The second-order valence-corrected chi connectivity index (χ2v) is 6.81. The minimum atomic E-state index is 0.331. The summed E-state index contributed by atoms with van der Waals surface area (Å²) in [6, 6.07) is 10.4. The van der Waals surface area contributed by atoms with E-state index in [-0.39, 0.29) is 0 Å². The minimum absolute atomic E-state index is 0.331. The van der Waals surface area contributed by atoms with E-state index in [0.717, 1.165) is 47.8 Å². The van der Waals surface area contributed by atoms with Crippen molar-refractivity contribution in [1.29, 1.82) is 0 Å². The molecule has 0 amide bonds. The van der Waals surface area contributed by atoms with Crippen LogP contribution in [0.3, 0.4) is 0 Å². The molecule has 120 valence electrons. The minimum Gasteiger partial charge on any atom is -0.496 e. The van der Waals surface area contributed by atoms with Gasteiger partial charge in [0.25, 0.3) is 0 Å². The number of hydrogen-bond acceptors (Lipinski definition) is 4. The molecule has 4 rings (SSSR count). The highest BCUT2D eigenvalue weighted by atomic mass is 79.9. The lowest BCUT2D eigenvalue weighted by molar-refractivity contribution is 0.174. The van der Waals surface area contributed by atoms with Crippen molar-refractivity contribution in [1.82, 2.24) is 4.90 Å². The van der Waals surface area contributed by atoms with Crippen LogP contribution < -0.4 is 14.2 Å². The van der Waals surface area contributed by atoms with Crippen molar-refractivity contribution >= 4 is 15.9 Å². The molecule has 0 unspecified atom stereocenters. The molecule has 2 aliphatic heterocycles. The van der Waals surface area contributed by atoms with Gasteiger partial charge < -0.3 is 14.2 Å². The molecule has 2 aliphatic rings. The van der Waals surface area contributed by atoms with Gasteiger partial charge in [0.2, 0.25) is 6.79 Å². The number of nitrogens with zero attached hydrogens (tertiary/aromatic N) is 1. The van der Waals surface area contributed by atoms with Gasteiger partial charge in [0.15, 0.2) is 11.5 Å². The largest absolute Gasteiger partial charge is 0.496 e. The Morgan fingerprint density at radius 2 is 1.91 bits per heavy atom. The fraction of sp³-hybridized carbons (Fsp3) is 0.333. The van der Waals surface area contributed by atoms with E-state index in [9.17, 15) is 0 Å². The van der Waals surface area contributed by atoms with Gasteiger partial charge in [-0.2, -0.15) is 0 Å². The molecule has 0 saturated heterocycles. The topological polar surface area (TPSA) is 30.9 Å². The molecule has 5 heteroatoms. The first-order valence-electron chi connectivity index (χ1n) is 7.69. The number of ether oxygens (including phenoxy) is 3. The summed E-state index contributed by atoms with van der Waals surface area (Å²) < 4.78 is 17.5. The van der Waals surface area contributed by atoms with Crippen LogP contribution in [0.2, 0.25) is 0 Å². The van der Waals surface area contributed by atoms with Gasteiger partial charge in [-0.3, -0.25) is 4.90 Å². The number of hydrogen-bond donors (Lipinski definition) is 0. The lowest BCUT2D eigenvalue weighted by Gasteiger charge is -2.29. The number of methoxy groups -OCH3 is 1. The summed E-state index contributed by atoms with van der Waals surface area (Å²) in [5.74, 6) is 2.68. The van der Waals surface area contributed by atoms with Crippen LogP contribution in [0.15, 0.2) is 34.8 Å². The van der Waals surface area contributed by atoms with E-state index in [4.69, 9.17) is 14.2 Å². The fourth-order valence-electron chi connectivity index (χ4n) is 3.25. The molecule has 23 heavy (non-hydrogen) atoms. The number of fused-ring (bicyclic) bond motifs is 2. The van der Waals surface area contributed by atoms with Crippen molar-refractivity contribution in [2.24, 2.45) is 0 Å². The van der Waals surface area contributed by atoms with Crippen LogP contribution in [0.4, 0.5) is 0 Å². The first-order chi connectivity index (χ1) is 11.2. The lowest BCUT2D eigenvalue weighted by Crippen LogP contribution is -2.30. The van der Waals surface area contributed by atoms with Crippen molar-refractivity contribution < 1.29 is 14.2 Å². The highest BCUT2D eigenvalue weighted by Crippen LogP contribution is 2.37. The Morgan fingerprint density at radius 1 is 1.13 bits per heavy atom. The molecule has 0 spiro atoms. The van der Waals surface area contributed by atoms with Gasteiger partial charge in [0, 0.05) is 29.7 Å². The SMILES string of the molecule is COc1ccc(Br)cc1CN1CCc2cc3c(cc2C1)OCO3. The van der Waals surface area contributed by atoms with Gasteiger partial charge in [-0.1, -0.05) is 15.9 Å². The average molecular weight is 376 g/mol. The van der Waals surface area contributed by atoms with E-state index in [0.29, 0.717) is 6.79 Å². The molecular formula is C18H18BrNO3. The van der Waals surface area contributed by atoms with E-state index >= 15 is 0 Å². The summed E-state index contributed by atoms with van der Waals surface area (Å²) in [5.41, 5.74) is 3.90. The summed E-state index contributed by atoms with van der Waals surface area (Å²) >= 11 is 3.55. The zero-order valence-corrected chi connectivity index (χ0v) is 14.6. The molecule has 0 atom stereocenters. The Balaban J connectivity index is 1.55. The van der Waals surface area contributed by atoms with Crippen molar-refractivity contribution in [2.75, 3.05) is 20.4 Å². The second-order valence-electron chi connectivity index (χ2n) is 5.89. The van der Waals surface area contributed by atoms with Gasteiger partial charge in [0.1, 0.15) is 5.75 Å². The predicted octanol–water partition coefficient (Wildman–Crippen LogP) is 3.74. The van der Waals surface area contributed by atoms with Crippen LogP contribution in [0.5, 0.6) is 17.2 Å². The Morgan fingerprint density at radius 3 is 2.70 bits per heavy atom. The third-order valence-electron chi connectivity index (χ3n) is 4.42. The van der Waals surface area contributed by atoms with Crippen LogP contribution in [-0.2, 0) is 19.5 Å². The van der Waals surface area contributed by atoms with Crippen LogP contribution >= 0.6 is 15.9 Å². The molecule has 0 saturated carbocycles. The van der Waals surface area contributed by atoms with E-state index in [2.05, 4.69) is 39.0 Å². The molecule has 2 heterocycles. The maximum Gasteiger partial charge on any atom is 0.231 e. The quantitative estimate of drug-likeness (QED) is 0.817.